The average Bonchev–Trinajstić information content (AvgIpc) is 1.61. The van der Waals surface area contributed by atoms with E-state index >= 15 is 0 Å². The van der Waals surface area contributed by atoms with Gasteiger partial charge >= 0.3 is 0 Å². The molecule has 0 spiro atoms. The van der Waals surface area contributed by atoms with Gasteiger partial charge in [-0.15, -0.1) is 0 Å². The Hall–Kier alpha value is -17.3. The maximum atomic E-state index is 5.17. The predicted molar refractivity (Wildman–Crippen MR) is 489 cm³/mol. The van der Waals surface area contributed by atoms with Crippen LogP contribution in [-0.4, -0.2) is 88.0 Å². The third-order valence-corrected chi connectivity index (χ3v) is 22.0. The van der Waals surface area contributed by atoms with Gasteiger partial charge in [0.2, 0.25) is 0 Å². The largest absolute Gasteiger partial charge is 0.298 e. The summed E-state index contributed by atoms with van der Waals surface area (Å²) in [7, 11) is 0. The highest BCUT2D eigenvalue weighted by atomic mass is 15.0. The smallest absolute Gasteiger partial charge is 0.137 e. The Bertz CT molecular complexity index is 7200. The number of aromatic nitrogens is 18. The van der Waals surface area contributed by atoms with Crippen molar-refractivity contribution in [3.8, 4) is 135 Å². The van der Waals surface area contributed by atoms with E-state index in [-0.39, 0.29) is 0 Å². The molecule has 0 amide bonds. The summed E-state index contributed by atoms with van der Waals surface area (Å²) in [5.74, 6) is 0. The lowest BCUT2D eigenvalue weighted by Gasteiger charge is -2.12. The van der Waals surface area contributed by atoms with Crippen molar-refractivity contribution in [3.63, 3.8) is 0 Å². The van der Waals surface area contributed by atoms with Gasteiger partial charge in [-0.2, -0.15) is 0 Å². The van der Waals surface area contributed by atoms with Gasteiger partial charge < -0.3 is 0 Å². The van der Waals surface area contributed by atoms with Crippen molar-refractivity contribution >= 4 is 82.8 Å². The Labute approximate surface area is 703 Å². The third-order valence-electron chi connectivity index (χ3n) is 22.0. The summed E-state index contributed by atoms with van der Waals surface area (Å²) < 4.78 is 6.39. The first-order chi connectivity index (χ1) is 60.9. The van der Waals surface area contributed by atoms with Gasteiger partial charge in [0.25, 0.3) is 0 Å². The standard InChI is InChI=1S/3C35H22N6/c1-2-13-27-26(12-1)34-35(41-19-8-5-16-32(41)40-34)33(39-27)24-11-9-10-23(20-24)25-21-30(28-14-3-6-17-36-28)38-31(22-25)29-15-4-7-18-37-29;1-2-13-29-28(12-1)34-35(41-17-4-3-14-32(41)40-34)33(39-29)24-9-5-8-23(18-24)27-19-30(25-10-6-15-36-21-25)38-31(20-27)26-11-7-16-37-22-26;1-2-9-29-28(8-1)34-35(41-19-4-3-10-32(41)40-34)33(39-29)26-7-5-6-25(20-26)27-21-30(23-11-15-36-16-12-23)38-31(22-27)24-13-17-37-18-14-24/h3*1-22H. The molecule has 0 saturated heterocycles. The second-order valence-electron chi connectivity index (χ2n) is 29.7. The minimum atomic E-state index is 0.794. The third kappa shape index (κ3) is 13.8. The first-order valence-corrected chi connectivity index (χ1v) is 40.3. The monoisotopic (exact) mass is 1580 g/mol. The number of rotatable bonds is 12. The zero-order chi connectivity index (χ0) is 81.5. The van der Waals surface area contributed by atoms with E-state index in [9.17, 15) is 0 Å². The molecule has 0 aliphatic carbocycles. The fourth-order valence-corrected chi connectivity index (χ4v) is 16.3. The van der Waals surface area contributed by atoms with Gasteiger partial charge in [0.1, 0.15) is 33.5 Å². The highest BCUT2D eigenvalue weighted by Gasteiger charge is 2.23. The van der Waals surface area contributed by atoms with Crippen LogP contribution in [0.4, 0.5) is 0 Å². The van der Waals surface area contributed by atoms with Crippen molar-refractivity contribution in [2.45, 2.75) is 0 Å². The molecular formula is C105H66N18. The van der Waals surface area contributed by atoms with Crippen LogP contribution in [0.3, 0.4) is 0 Å². The van der Waals surface area contributed by atoms with Gasteiger partial charge in [-0.05, 0) is 215 Å². The molecule has 18 heteroatoms. The fraction of sp³-hybridized carbons (Fsp3) is 0. The summed E-state index contributed by atoms with van der Waals surface area (Å²) >= 11 is 0. The number of para-hydroxylation sites is 3. The maximum absolute atomic E-state index is 5.17. The van der Waals surface area contributed by atoms with Crippen molar-refractivity contribution in [1.29, 1.82) is 0 Å². The number of hydrogen-bond acceptors (Lipinski definition) is 15. The number of pyridine rings is 15. The quantitative estimate of drug-likeness (QED) is 0.111. The first-order valence-electron chi connectivity index (χ1n) is 40.3. The highest BCUT2D eigenvalue weighted by Crippen LogP contribution is 2.42. The van der Waals surface area contributed by atoms with Gasteiger partial charge in [0.05, 0.1) is 95.7 Å². The lowest BCUT2D eigenvalue weighted by Crippen LogP contribution is -1.95. The average molecular weight is 1580 g/mol. The Morgan fingerprint density at radius 3 is 0.846 bits per heavy atom. The Balaban J connectivity index is 0.000000110. The van der Waals surface area contributed by atoms with Crippen molar-refractivity contribution in [3.05, 3.63) is 402 Å². The molecule has 0 aliphatic rings. The molecule has 0 N–H and O–H groups in total. The molecule has 0 aliphatic heterocycles. The van der Waals surface area contributed by atoms with Crippen LogP contribution in [0.2, 0.25) is 0 Å². The van der Waals surface area contributed by atoms with E-state index in [1.165, 1.54) is 0 Å². The lowest BCUT2D eigenvalue weighted by atomic mass is 9.97. The second-order valence-corrected chi connectivity index (χ2v) is 29.7. The molecule has 0 radical (unpaired) electrons. The van der Waals surface area contributed by atoms with Crippen molar-refractivity contribution in [2.75, 3.05) is 0 Å². The molecule has 18 heterocycles. The van der Waals surface area contributed by atoms with E-state index in [0.29, 0.717) is 0 Å². The molecular weight excluding hydrogens is 1510 g/mol. The van der Waals surface area contributed by atoms with Crippen LogP contribution in [0, 0.1) is 0 Å². The van der Waals surface area contributed by atoms with Gasteiger partial charge in [0, 0.05) is 136 Å². The molecule has 0 fully saturated rings. The molecule has 123 heavy (non-hydrogen) atoms. The minimum absolute atomic E-state index is 0.794. The SMILES string of the molecule is c1cc(-c2cc(-c3ccncc3)nc(-c3ccncc3)c2)cc(-c2nc3ccccc3c3nc4ccccn4c23)c1.c1ccc(-c2cc(-c3cccc(-c4nc5ccccc5c5nc6ccccn6c45)c3)cc(-c3ccccn3)n2)nc1.c1cncc(-c2cc(-c3cccc(-c4nc5ccccc5c5nc6ccccn6c45)c3)cc(-c3cccnc3)n2)c1. The first kappa shape index (κ1) is 72.2. The van der Waals surface area contributed by atoms with Crippen molar-refractivity contribution < 1.29 is 0 Å². The summed E-state index contributed by atoms with van der Waals surface area (Å²) in [5.41, 5.74) is 34.0. The number of fused-ring (bicyclic) bond motifs is 15. The molecule has 0 bridgehead atoms. The molecule has 0 atom stereocenters. The molecule has 0 saturated carbocycles. The summed E-state index contributed by atoms with van der Waals surface area (Å²) in [6.45, 7) is 0. The Morgan fingerprint density at radius 2 is 0.496 bits per heavy atom. The van der Waals surface area contributed by atoms with E-state index in [1.54, 1.807) is 49.6 Å². The van der Waals surface area contributed by atoms with E-state index in [1.807, 2.05) is 194 Å². The van der Waals surface area contributed by atoms with Crippen LogP contribution in [0.25, 0.3) is 218 Å². The van der Waals surface area contributed by atoms with E-state index in [2.05, 4.69) is 201 Å². The number of nitrogens with zero attached hydrogens (tertiary/aromatic N) is 18. The van der Waals surface area contributed by atoms with Crippen LogP contribution >= 0.6 is 0 Å². The van der Waals surface area contributed by atoms with E-state index in [0.717, 1.165) is 218 Å². The summed E-state index contributed by atoms with van der Waals surface area (Å²) in [6.07, 6.45) is 24.2. The van der Waals surface area contributed by atoms with Crippen molar-refractivity contribution in [2.24, 2.45) is 0 Å². The van der Waals surface area contributed by atoms with Crippen LogP contribution in [-0.2, 0) is 0 Å². The summed E-state index contributed by atoms with van der Waals surface area (Å²) in [5, 5.41) is 3.13. The van der Waals surface area contributed by atoms with Crippen LogP contribution < -0.4 is 0 Å². The van der Waals surface area contributed by atoms with Gasteiger partial charge in [-0.25, -0.2) is 44.9 Å². The van der Waals surface area contributed by atoms with Crippen LogP contribution in [0.15, 0.2) is 402 Å². The topological polar surface area (TPSA) is 207 Å². The van der Waals surface area contributed by atoms with Gasteiger partial charge in [-0.3, -0.25) is 43.1 Å². The molecule has 576 valence electrons. The number of imidazole rings is 3. The second kappa shape index (κ2) is 31.3. The van der Waals surface area contributed by atoms with Crippen molar-refractivity contribution in [1.82, 2.24) is 88.0 Å². The Kier molecular flexibility index (Phi) is 18.4. The minimum Gasteiger partial charge on any atom is -0.298 e. The number of hydrogen-bond donors (Lipinski definition) is 0. The van der Waals surface area contributed by atoms with Crippen LogP contribution in [0.5, 0.6) is 0 Å². The predicted octanol–water partition coefficient (Wildman–Crippen LogP) is 23.7. The van der Waals surface area contributed by atoms with Gasteiger partial charge in [-0.1, -0.05) is 140 Å². The van der Waals surface area contributed by atoms with Crippen LogP contribution in [0.1, 0.15) is 0 Å². The number of benzene rings is 6. The van der Waals surface area contributed by atoms with E-state index in [4.69, 9.17) is 44.9 Å². The fourth-order valence-electron chi connectivity index (χ4n) is 16.3. The normalized spacial score (nSPS) is 11.4. The van der Waals surface area contributed by atoms with Gasteiger partial charge in [0.15, 0.2) is 0 Å². The molecule has 24 rings (SSSR count). The van der Waals surface area contributed by atoms with E-state index < -0.39 is 0 Å². The summed E-state index contributed by atoms with van der Waals surface area (Å²) in [4.78, 5) is 71.6. The molecule has 18 aromatic heterocycles. The zero-order valence-corrected chi connectivity index (χ0v) is 65.7. The molecule has 18 nitrogen and oxygen atoms in total. The Morgan fingerprint density at radius 1 is 0.179 bits per heavy atom. The highest BCUT2D eigenvalue weighted by molar-refractivity contribution is 6.12. The summed E-state index contributed by atoms with van der Waals surface area (Å²) in [6, 6.07) is 109. The maximum Gasteiger partial charge on any atom is 0.137 e. The lowest BCUT2D eigenvalue weighted by molar-refractivity contribution is 1.22. The molecule has 24 aromatic rings. The molecule has 6 aromatic carbocycles. The zero-order valence-electron chi connectivity index (χ0n) is 65.7. The molecule has 0 unspecified atom stereocenters.